The van der Waals surface area contributed by atoms with Gasteiger partial charge < -0.3 is 5.32 Å². The van der Waals surface area contributed by atoms with Gasteiger partial charge in [-0.15, -0.1) is 0 Å². The van der Waals surface area contributed by atoms with Gasteiger partial charge in [-0.05, 0) is 32.9 Å². The molecule has 0 atom stereocenters. The van der Waals surface area contributed by atoms with Crippen molar-refractivity contribution in [2.24, 2.45) is 0 Å². The lowest BCUT2D eigenvalue weighted by molar-refractivity contribution is 0.881. The maximum Gasteiger partial charge on any atom is 0.148 e. The van der Waals surface area contributed by atoms with Gasteiger partial charge in [0, 0.05) is 6.04 Å². The maximum absolute atomic E-state index is 5.85. The molecule has 0 radical (unpaired) electrons. The normalized spacial score (nSPS) is 9.95. The first-order valence-corrected chi connectivity index (χ1v) is 7.19. The number of aromatic nitrogens is 2. The first-order chi connectivity index (χ1) is 9.40. The minimum absolute atomic E-state index is 0.330. The van der Waals surface area contributed by atoms with Gasteiger partial charge in [0.25, 0.3) is 0 Å². The van der Waals surface area contributed by atoms with E-state index in [1.54, 1.807) is 18.3 Å². The highest BCUT2D eigenvalue weighted by molar-refractivity contribution is 6.41. The third-order valence-electron chi connectivity index (χ3n) is 2.11. The largest absolute Gasteiger partial charge is 0.367 e. The van der Waals surface area contributed by atoms with Crippen molar-refractivity contribution >= 4 is 40.6 Å². The Morgan fingerprint density at radius 3 is 2.00 bits per heavy atom. The highest BCUT2D eigenvalue weighted by atomic mass is 35.5. The van der Waals surface area contributed by atoms with Crippen molar-refractivity contribution < 1.29 is 0 Å². The van der Waals surface area contributed by atoms with E-state index in [2.05, 4.69) is 15.3 Å². The van der Waals surface area contributed by atoms with Gasteiger partial charge in [-0.1, -0.05) is 46.9 Å². The minimum atomic E-state index is 0.330. The van der Waals surface area contributed by atoms with Crippen LogP contribution in [0.3, 0.4) is 0 Å². The van der Waals surface area contributed by atoms with Crippen LogP contribution in [0.1, 0.15) is 19.7 Å². The van der Waals surface area contributed by atoms with E-state index in [9.17, 15) is 0 Å². The van der Waals surface area contributed by atoms with Crippen molar-refractivity contribution in [1.82, 2.24) is 9.97 Å². The average molecular weight is 333 g/mol. The number of hydrogen-bond donors (Lipinski definition) is 1. The van der Waals surface area contributed by atoms with Crippen LogP contribution in [0.15, 0.2) is 30.5 Å². The zero-order valence-electron chi connectivity index (χ0n) is 11.5. The number of nitrogens with zero attached hydrogens (tertiary/aromatic N) is 2. The topological polar surface area (TPSA) is 37.8 Å². The molecule has 108 valence electrons. The van der Waals surface area contributed by atoms with Crippen LogP contribution in [0, 0.1) is 6.92 Å². The molecule has 0 unspecified atom stereocenters. The average Bonchev–Trinajstić information content (AvgIpc) is 2.38. The number of halogens is 3. The second-order valence-electron chi connectivity index (χ2n) is 4.33. The van der Waals surface area contributed by atoms with Gasteiger partial charge in [-0.2, -0.15) is 0 Å². The van der Waals surface area contributed by atoms with Crippen molar-refractivity contribution in [3.8, 4) is 0 Å². The number of nitrogens with one attached hydrogen (secondary N) is 1. The minimum Gasteiger partial charge on any atom is -0.367 e. The van der Waals surface area contributed by atoms with Gasteiger partial charge in [-0.25, -0.2) is 9.97 Å². The predicted octanol–water partition coefficient (Wildman–Crippen LogP) is 5.25. The van der Waals surface area contributed by atoms with E-state index in [0.29, 0.717) is 26.9 Å². The molecule has 0 aliphatic heterocycles. The first kappa shape index (κ1) is 17.0. The number of benzene rings is 1. The third kappa shape index (κ3) is 5.95. The van der Waals surface area contributed by atoms with Gasteiger partial charge in [0.15, 0.2) is 0 Å². The third-order valence-corrected chi connectivity index (χ3v) is 3.15. The van der Waals surface area contributed by atoms with Crippen LogP contribution < -0.4 is 5.32 Å². The Hall–Kier alpha value is -1.03. The second-order valence-corrected chi connectivity index (χ2v) is 5.55. The van der Waals surface area contributed by atoms with E-state index in [1.165, 1.54) is 0 Å². The summed E-state index contributed by atoms with van der Waals surface area (Å²) >= 11 is 17.0. The molecule has 0 amide bonds. The van der Waals surface area contributed by atoms with Gasteiger partial charge in [0.1, 0.15) is 16.7 Å². The predicted molar refractivity (Wildman–Crippen MR) is 87.0 cm³/mol. The van der Waals surface area contributed by atoms with Gasteiger partial charge in [0.05, 0.1) is 16.2 Å². The van der Waals surface area contributed by atoms with Crippen LogP contribution in [0.4, 0.5) is 5.82 Å². The molecule has 0 saturated carbocycles. The molecule has 2 aromatic rings. The van der Waals surface area contributed by atoms with Crippen LogP contribution >= 0.6 is 34.8 Å². The fraction of sp³-hybridized carbons (Fsp3) is 0.286. The summed E-state index contributed by atoms with van der Waals surface area (Å²) in [5, 5.41) is 4.91. The molecule has 1 aromatic heterocycles. The Morgan fingerprint density at radius 2 is 1.55 bits per heavy atom. The molecule has 0 fully saturated rings. The number of rotatable bonds is 2. The van der Waals surface area contributed by atoms with E-state index in [4.69, 9.17) is 34.8 Å². The number of anilines is 1. The summed E-state index contributed by atoms with van der Waals surface area (Å²) in [6, 6.07) is 7.52. The molecule has 2 rings (SSSR count). The van der Waals surface area contributed by atoms with E-state index < -0.39 is 0 Å². The molecule has 0 spiro atoms. The lowest BCUT2D eigenvalue weighted by atomic mass is 10.4. The quantitative estimate of drug-likeness (QED) is 0.816. The standard InChI is InChI=1S/C8H12ClN3.C6H4Cl2/c1-5(2)11-8-7(9)4-10-6(3)12-8;7-5-3-1-2-4-6(5)8/h4-5H,1-3H3,(H,10,11,12);1-4H. The van der Waals surface area contributed by atoms with Crippen LogP contribution in [-0.2, 0) is 0 Å². The molecular weight excluding hydrogens is 317 g/mol. The Bertz CT molecular complexity index is 538. The van der Waals surface area contributed by atoms with Crippen molar-refractivity contribution in [2.75, 3.05) is 5.32 Å². The van der Waals surface area contributed by atoms with E-state index in [0.717, 1.165) is 5.82 Å². The summed E-state index contributed by atoms with van der Waals surface area (Å²) in [4.78, 5) is 8.12. The highest BCUT2D eigenvalue weighted by Gasteiger charge is 2.03. The van der Waals surface area contributed by atoms with Gasteiger partial charge >= 0.3 is 0 Å². The summed E-state index contributed by atoms with van der Waals surface area (Å²) in [6.45, 7) is 5.91. The molecule has 0 aliphatic carbocycles. The molecule has 0 saturated heterocycles. The molecule has 6 heteroatoms. The van der Waals surface area contributed by atoms with E-state index >= 15 is 0 Å². The molecular formula is C14H16Cl3N3. The number of hydrogen-bond acceptors (Lipinski definition) is 3. The Balaban J connectivity index is 0.000000217. The first-order valence-electron chi connectivity index (χ1n) is 6.06. The molecule has 3 nitrogen and oxygen atoms in total. The molecule has 0 bridgehead atoms. The van der Waals surface area contributed by atoms with Crippen LogP contribution in [0.25, 0.3) is 0 Å². The Labute approximate surface area is 134 Å². The van der Waals surface area contributed by atoms with Gasteiger partial charge in [-0.3, -0.25) is 0 Å². The molecule has 0 aliphatic rings. The lowest BCUT2D eigenvalue weighted by Crippen LogP contribution is -2.12. The highest BCUT2D eigenvalue weighted by Crippen LogP contribution is 2.19. The van der Waals surface area contributed by atoms with Gasteiger partial charge in [0.2, 0.25) is 0 Å². The van der Waals surface area contributed by atoms with Crippen LogP contribution in [0.2, 0.25) is 15.1 Å². The fourth-order valence-electron chi connectivity index (χ4n) is 1.27. The molecule has 1 aromatic carbocycles. The fourth-order valence-corrected chi connectivity index (χ4v) is 1.69. The zero-order valence-corrected chi connectivity index (χ0v) is 13.8. The van der Waals surface area contributed by atoms with Crippen LogP contribution in [-0.4, -0.2) is 16.0 Å². The van der Waals surface area contributed by atoms with Crippen molar-refractivity contribution in [3.63, 3.8) is 0 Å². The monoisotopic (exact) mass is 331 g/mol. The Kier molecular flexibility index (Phi) is 7.06. The summed E-state index contributed by atoms with van der Waals surface area (Å²) in [6.07, 6.45) is 1.61. The summed E-state index contributed by atoms with van der Waals surface area (Å²) < 4.78 is 0. The lowest BCUT2D eigenvalue weighted by Gasteiger charge is -2.10. The number of aryl methyl sites for hydroxylation is 1. The Morgan fingerprint density at radius 1 is 1.00 bits per heavy atom. The van der Waals surface area contributed by atoms with E-state index in [-0.39, 0.29) is 0 Å². The molecule has 1 N–H and O–H groups in total. The summed E-state index contributed by atoms with van der Waals surface area (Å²) in [7, 11) is 0. The van der Waals surface area contributed by atoms with Crippen molar-refractivity contribution in [3.05, 3.63) is 51.4 Å². The SMILES string of the molecule is Cc1ncc(Cl)c(NC(C)C)n1.Clc1ccccc1Cl. The van der Waals surface area contributed by atoms with Crippen molar-refractivity contribution in [1.29, 1.82) is 0 Å². The summed E-state index contributed by atoms with van der Waals surface area (Å²) in [5.74, 6) is 1.43. The second kappa shape index (κ2) is 8.30. The molecule has 20 heavy (non-hydrogen) atoms. The van der Waals surface area contributed by atoms with Crippen LogP contribution in [0.5, 0.6) is 0 Å². The summed E-state index contributed by atoms with van der Waals surface area (Å²) in [5.41, 5.74) is 0. The van der Waals surface area contributed by atoms with E-state index in [1.807, 2.05) is 32.9 Å². The maximum atomic E-state index is 5.85. The smallest absolute Gasteiger partial charge is 0.148 e. The zero-order chi connectivity index (χ0) is 15.1. The molecule has 1 heterocycles. The van der Waals surface area contributed by atoms with Crippen molar-refractivity contribution in [2.45, 2.75) is 26.8 Å².